The highest BCUT2D eigenvalue weighted by molar-refractivity contribution is 7.26. The summed E-state index contributed by atoms with van der Waals surface area (Å²) in [4.78, 5) is 2.45. The molecular formula is C67H41NO2S. The second-order valence-electron chi connectivity index (χ2n) is 18.7. The minimum Gasteiger partial charge on any atom is -0.457 e. The number of benzene rings is 11. The van der Waals surface area contributed by atoms with Crippen LogP contribution in [0.2, 0.25) is 0 Å². The molecule has 0 amide bonds. The van der Waals surface area contributed by atoms with Crippen LogP contribution in [0.15, 0.2) is 253 Å². The first-order valence-electron chi connectivity index (χ1n) is 24.2. The van der Waals surface area contributed by atoms with Crippen molar-refractivity contribution in [2.75, 3.05) is 4.90 Å². The quantitative estimate of drug-likeness (QED) is 0.176. The van der Waals surface area contributed by atoms with E-state index in [0.29, 0.717) is 0 Å². The van der Waals surface area contributed by atoms with Crippen LogP contribution in [0.4, 0.5) is 17.1 Å². The molecule has 13 aromatic rings. The van der Waals surface area contributed by atoms with Gasteiger partial charge in [-0.2, -0.15) is 0 Å². The highest BCUT2D eigenvalue weighted by atomic mass is 32.1. The summed E-state index contributed by atoms with van der Waals surface area (Å²) in [5.41, 5.74) is 13.8. The third-order valence-corrected chi connectivity index (χ3v) is 16.1. The maximum absolute atomic E-state index is 7.04. The third kappa shape index (κ3) is 5.89. The Hall–Kier alpha value is -8.96. The first kappa shape index (κ1) is 40.0. The van der Waals surface area contributed by atoms with Crippen LogP contribution in [-0.4, -0.2) is 0 Å². The Morgan fingerprint density at radius 2 is 0.887 bits per heavy atom. The Labute approximate surface area is 414 Å². The molecular weight excluding hydrogens is 883 g/mol. The monoisotopic (exact) mass is 923 g/mol. The van der Waals surface area contributed by atoms with Crippen molar-refractivity contribution in [3.8, 4) is 33.8 Å². The summed E-state index contributed by atoms with van der Waals surface area (Å²) < 4.78 is 16.4. The lowest BCUT2D eigenvalue weighted by Crippen LogP contribution is -2.32. The van der Waals surface area contributed by atoms with Crippen LogP contribution >= 0.6 is 11.3 Å². The highest BCUT2D eigenvalue weighted by Crippen LogP contribution is 2.62. The number of hydrogen-bond donors (Lipinski definition) is 0. The number of para-hydroxylation sites is 2. The van der Waals surface area contributed by atoms with Crippen LogP contribution in [-0.2, 0) is 5.41 Å². The van der Waals surface area contributed by atoms with Gasteiger partial charge in [-0.3, -0.25) is 0 Å². The molecule has 0 fully saturated rings. The summed E-state index contributed by atoms with van der Waals surface area (Å²) in [7, 11) is 0. The fourth-order valence-electron chi connectivity index (χ4n) is 12.0. The van der Waals surface area contributed by atoms with Crippen molar-refractivity contribution in [1.29, 1.82) is 0 Å². The van der Waals surface area contributed by atoms with Crippen molar-refractivity contribution in [1.82, 2.24) is 0 Å². The van der Waals surface area contributed by atoms with E-state index in [-0.39, 0.29) is 0 Å². The summed E-state index contributed by atoms with van der Waals surface area (Å²) in [6.45, 7) is 0. The molecule has 3 heterocycles. The van der Waals surface area contributed by atoms with E-state index < -0.39 is 5.41 Å². The standard InChI is InChI=1S/C67H41NO2S/c1-3-21-48-46(19-1)47-20-2-4-22-49(47)54-41-45(36-38-61(54)69-60-31-12-7-25-52(48)60)68(59-30-16-34-65-66(59)53-26-8-14-33-64(53)71-65)44-18-15-17-42(39-44)43-35-37-63-58(40-43)67(57-29-11-13-32-62(57)70-63)55-27-9-5-23-50(55)51-24-6-10-28-56(51)67/h1-41H. The van der Waals surface area contributed by atoms with Crippen molar-refractivity contribution < 1.29 is 9.15 Å². The van der Waals surface area contributed by atoms with Gasteiger partial charge in [0.1, 0.15) is 22.7 Å². The van der Waals surface area contributed by atoms with Crippen molar-refractivity contribution >= 4 is 92.1 Å². The normalized spacial score (nSPS) is 13.0. The van der Waals surface area contributed by atoms with E-state index in [1.165, 1.54) is 47.8 Å². The van der Waals surface area contributed by atoms with Crippen LogP contribution in [0.1, 0.15) is 22.3 Å². The number of rotatable bonds is 4. The molecule has 3 nitrogen and oxygen atoms in total. The second-order valence-corrected chi connectivity index (χ2v) is 19.7. The van der Waals surface area contributed by atoms with Gasteiger partial charge in [-0.05, 0) is 128 Å². The zero-order valence-electron chi connectivity index (χ0n) is 38.3. The van der Waals surface area contributed by atoms with Crippen LogP contribution in [0.5, 0.6) is 11.5 Å². The first-order chi connectivity index (χ1) is 35.2. The summed E-state index contributed by atoms with van der Waals surface area (Å²) >= 11 is 1.84. The van der Waals surface area contributed by atoms with E-state index >= 15 is 0 Å². The number of thiophene rings is 1. The molecule has 4 heteroatoms. The molecule has 0 bridgehead atoms. The molecule has 0 saturated heterocycles. The average Bonchev–Trinajstić information content (AvgIpc) is 3.98. The molecule has 71 heavy (non-hydrogen) atoms. The van der Waals surface area contributed by atoms with E-state index in [0.717, 1.165) is 88.9 Å². The molecule has 2 aliphatic rings. The van der Waals surface area contributed by atoms with Crippen LogP contribution in [0.3, 0.4) is 0 Å². The number of anilines is 3. The number of ether oxygens (including phenoxy) is 1. The van der Waals surface area contributed by atoms with E-state index in [1.807, 2.05) is 11.3 Å². The molecule has 1 aliphatic heterocycles. The number of nitrogens with zero attached hydrogens (tertiary/aromatic N) is 1. The lowest BCUT2D eigenvalue weighted by atomic mass is 9.66. The minimum absolute atomic E-state index is 0.564. The van der Waals surface area contributed by atoms with Gasteiger partial charge in [-0.1, -0.05) is 176 Å². The average molecular weight is 924 g/mol. The van der Waals surface area contributed by atoms with E-state index in [9.17, 15) is 0 Å². The molecule has 2 aromatic heterocycles. The summed E-state index contributed by atoms with van der Waals surface area (Å²) in [5.74, 6) is 1.76. The van der Waals surface area contributed by atoms with Gasteiger partial charge in [0.25, 0.3) is 0 Å². The fourth-order valence-corrected chi connectivity index (χ4v) is 13.1. The van der Waals surface area contributed by atoms with Gasteiger partial charge in [-0.15, -0.1) is 11.3 Å². The SMILES string of the molecule is c1cc(-c2ccc3c(c2)C2(c4ccccc4O3)c3ccccc3-c3ccccc32)cc(N(c2ccc3oc4ccccc4c4ccccc4c4ccccc4c3c2)c2cccc3sc4ccccc4c23)c1. The van der Waals surface area contributed by atoms with Gasteiger partial charge < -0.3 is 14.1 Å². The zero-order valence-corrected chi connectivity index (χ0v) is 39.2. The third-order valence-electron chi connectivity index (χ3n) is 15.0. The Bertz CT molecular complexity index is 4380. The maximum atomic E-state index is 7.04. The fraction of sp³-hybridized carbons (Fsp3) is 0.0149. The minimum atomic E-state index is -0.564. The lowest BCUT2D eigenvalue weighted by Gasteiger charge is -2.39. The molecule has 1 spiro atoms. The summed E-state index contributed by atoms with van der Waals surface area (Å²) in [5, 5.41) is 9.13. The predicted molar refractivity (Wildman–Crippen MR) is 297 cm³/mol. The van der Waals surface area contributed by atoms with E-state index in [2.05, 4.69) is 254 Å². The van der Waals surface area contributed by atoms with E-state index in [4.69, 9.17) is 9.15 Å². The molecule has 15 rings (SSSR count). The Morgan fingerprint density at radius 3 is 1.66 bits per heavy atom. The summed E-state index contributed by atoms with van der Waals surface area (Å²) in [6.07, 6.45) is 0. The van der Waals surface area contributed by atoms with Crippen LogP contribution < -0.4 is 9.64 Å². The van der Waals surface area contributed by atoms with Crippen molar-refractivity contribution in [3.05, 3.63) is 271 Å². The topological polar surface area (TPSA) is 25.6 Å². The summed E-state index contributed by atoms with van der Waals surface area (Å²) in [6, 6.07) is 90.3. The molecule has 0 saturated carbocycles. The molecule has 0 radical (unpaired) electrons. The molecule has 332 valence electrons. The molecule has 0 atom stereocenters. The van der Waals surface area contributed by atoms with Gasteiger partial charge in [0.15, 0.2) is 0 Å². The Morgan fingerprint density at radius 1 is 0.338 bits per heavy atom. The van der Waals surface area contributed by atoms with Gasteiger partial charge in [0.2, 0.25) is 0 Å². The Kier molecular flexibility index (Phi) is 8.74. The van der Waals surface area contributed by atoms with Crippen molar-refractivity contribution in [2.24, 2.45) is 0 Å². The maximum Gasteiger partial charge on any atom is 0.135 e. The Balaban J connectivity index is 0.984. The van der Waals surface area contributed by atoms with E-state index in [1.54, 1.807) is 0 Å². The predicted octanol–water partition coefficient (Wildman–Crippen LogP) is 19.0. The highest BCUT2D eigenvalue weighted by Gasteiger charge is 2.51. The zero-order chi connectivity index (χ0) is 46.6. The van der Waals surface area contributed by atoms with Crippen molar-refractivity contribution in [3.63, 3.8) is 0 Å². The first-order valence-corrected chi connectivity index (χ1v) is 25.0. The molecule has 0 N–H and O–H groups in total. The largest absolute Gasteiger partial charge is 0.457 e. The van der Waals surface area contributed by atoms with Gasteiger partial charge in [0.05, 0.1) is 11.1 Å². The molecule has 11 aromatic carbocycles. The van der Waals surface area contributed by atoms with Gasteiger partial charge in [0, 0.05) is 53.4 Å². The number of hydrogen-bond acceptors (Lipinski definition) is 4. The molecule has 1 aliphatic carbocycles. The van der Waals surface area contributed by atoms with Crippen LogP contribution in [0.25, 0.3) is 85.9 Å². The van der Waals surface area contributed by atoms with Gasteiger partial charge in [-0.25, -0.2) is 0 Å². The molecule has 0 unspecified atom stereocenters. The lowest BCUT2D eigenvalue weighted by molar-refractivity contribution is 0.436. The second kappa shape index (κ2) is 15.5. The number of fused-ring (bicyclic) bond motifs is 19. The van der Waals surface area contributed by atoms with Crippen molar-refractivity contribution in [2.45, 2.75) is 5.41 Å². The van der Waals surface area contributed by atoms with Crippen LogP contribution in [0, 0.1) is 0 Å². The van der Waals surface area contributed by atoms with Gasteiger partial charge >= 0.3 is 0 Å². The smallest absolute Gasteiger partial charge is 0.135 e.